The number of H-pyrrole nitrogens is 1. The number of carbonyl (C=O) groups excluding carboxylic acids is 1. The van der Waals surface area contributed by atoms with E-state index in [0.717, 1.165) is 25.2 Å². The van der Waals surface area contributed by atoms with Gasteiger partial charge in [-0.3, -0.25) is 15.2 Å². The van der Waals surface area contributed by atoms with Crippen LogP contribution in [0.5, 0.6) is 0 Å². The quantitative estimate of drug-likeness (QED) is 0.734. The number of hydrogen-bond donors (Lipinski definition) is 3. The number of aromatic amines is 1. The van der Waals surface area contributed by atoms with Crippen LogP contribution in [0.3, 0.4) is 0 Å². The molecule has 0 bridgehead atoms. The van der Waals surface area contributed by atoms with Gasteiger partial charge in [0.05, 0.1) is 17.5 Å². The lowest BCUT2D eigenvalue weighted by Gasteiger charge is -2.09. The van der Waals surface area contributed by atoms with Crippen LogP contribution < -0.4 is 10.6 Å². The van der Waals surface area contributed by atoms with Gasteiger partial charge in [-0.05, 0) is 0 Å². The van der Waals surface area contributed by atoms with Crippen molar-refractivity contribution in [3.63, 3.8) is 0 Å². The molecule has 0 atom stereocenters. The first-order chi connectivity index (χ1) is 8.33. The maximum Gasteiger partial charge on any atom is 0.260 e. The Kier molecular flexibility index (Phi) is 2.62. The summed E-state index contributed by atoms with van der Waals surface area (Å²) in [5, 5.41) is 13.1. The molecule has 7 heteroatoms. The van der Waals surface area contributed by atoms with Gasteiger partial charge in [-0.25, -0.2) is 4.98 Å². The van der Waals surface area contributed by atoms with E-state index >= 15 is 0 Å². The molecule has 0 radical (unpaired) electrons. The molecule has 1 aliphatic rings. The van der Waals surface area contributed by atoms with Crippen LogP contribution in [-0.4, -0.2) is 27.6 Å². The lowest BCUT2D eigenvalue weighted by atomic mass is 10.2. The number of aromatic nitrogens is 3. The van der Waals surface area contributed by atoms with Gasteiger partial charge in [0.15, 0.2) is 5.13 Å². The van der Waals surface area contributed by atoms with Gasteiger partial charge < -0.3 is 5.32 Å². The minimum absolute atomic E-state index is 0.183. The standard InChI is InChI=1S/C10H11N5OS/c16-9(6-3-12-13-4-6)15-10-14-7-1-2-11-5-8(7)17-10/h3-4,11H,1-2,5H2,(H,12,13)(H,14,15,16). The molecule has 0 fully saturated rings. The molecule has 88 valence electrons. The van der Waals surface area contributed by atoms with Crippen LogP contribution in [0.2, 0.25) is 0 Å². The highest BCUT2D eigenvalue weighted by atomic mass is 32.1. The summed E-state index contributed by atoms with van der Waals surface area (Å²) in [5.74, 6) is -0.183. The first-order valence-electron chi connectivity index (χ1n) is 5.32. The third-order valence-corrected chi connectivity index (χ3v) is 3.60. The molecule has 1 amide bonds. The summed E-state index contributed by atoms with van der Waals surface area (Å²) < 4.78 is 0. The zero-order valence-corrected chi connectivity index (χ0v) is 9.80. The van der Waals surface area contributed by atoms with E-state index in [0.29, 0.717) is 10.7 Å². The van der Waals surface area contributed by atoms with E-state index < -0.39 is 0 Å². The fraction of sp³-hybridized carbons (Fsp3) is 0.300. The number of nitrogens with zero attached hydrogens (tertiary/aromatic N) is 2. The Morgan fingerprint density at radius 3 is 3.24 bits per heavy atom. The van der Waals surface area contributed by atoms with Gasteiger partial charge in [0.25, 0.3) is 5.91 Å². The van der Waals surface area contributed by atoms with E-state index in [-0.39, 0.29) is 5.91 Å². The second-order valence-corrected chi connectivity index (χ2v) is 4.84. The van der Waals surface area contributed by atoms with Crippen LogP contribution >= 0.6 is 11.3 Å². The fourth-order valence-corrected chi connectivity index (χ4v) is 2.70. The predicted molar refractivity (Wildman–Crippen MR) is 64.1 cm³/mol. The van der Waals surface area contributed by atoms with Crippen LogP contribution in [0, 0.1) is 0 Å². The molecule has 2 aromatic heterocycles. The minimum Gasteiger partial charge on any atom is -0.311 e. The molecule has 6 nitrogen and oxygen atoms in total. The zero-order chi connectivity index (χ0) is 11.7. The number of anilines is 1. The highest BCUT2D eigenvalue weighted by Gasteiger charge is 2.16. The van der Waals surface area contributed by atoms with Gasteiger partial charge in [0.1, 0.15) is 0 Å². The van der Waals surface area contributed by atoms with E-state index in [4.69, 9.17) is 0 Å². The van der Waals surface area contributed by atoms with Crippen molar-refractivity contribution in [1.29, 1.82) is 0 Å². The average molecular weight is 249 g/mol. The van der Waals surface area contributed by atoms with Crippen LogP contribution in [0.15, 0.2) is 12.4 Å². The summed E-state index contributed by atoms with van der Waals surface area (Å²) in [5.41, 5.74) is 1.60. The maximum absolute atomic E-state index is 11.8. The molecule has 0 saturated carbocycles. The van der Waals surface area contributed by atoms with Crippen molar-refractivity contribution in [2.45, 2.75) is 13.0 Å². The molecule has 0 unspecified atom stereocenters. The number of rotatable bonds is 2. The lowest BCUT2D eigenvalue weighted by molar-refractivity contribution is 0.102. The van der Waals surface area contributed by atoms with Crippen molar-refractivity contribution in [3.05, 3.63) is 28.5 Å². The predicted octanol–water partition coefficient (Wildman–Crippen LogP) is 0.764. The molecule has 2 aromatic rings. The summed E-state index contributed by atoms with van der Waals surface area (Å²) in [6.45, 7) is 1.79. The van der Waals surface area contributed by atoms with Gasteiger partial charge in [-0.15, -0.1) is 11.3 Å². The largest absolute Gasteiger partial charge is 0.311 e. The number of carbonyl (C=O) groups is 1. The molecular formula is C10H11N5OS. The molecule has 17 heavy (non-hydrogen) atoms. The van der Waals surface area contributed by atoms with Gasteiger partial charge in [-0.1, -0.05) is 0 Å². The van der Waals surface area contributed by atoms with Gasteiger partial charge in [0.2, 0.25) is 0 Å². The Morgan fingerprint density at radius 1 is 1.53 bits per heavy atom. The lowest BCUT2D eigenvalue weighted by Crippen LogP contribution is -2.22. The molecule has 3 heterocycles. The van der Waals surface area contributed by atoms with Gasteiger partial charge in [-0.2, -0.15) is 5.10 Å². The molecule has 3 rings (SSSR count). The van der Waals surface area contributed by atoms with Crippen molar-refractivity contribution >= 4 is 22.4 Å². The second-order valence-electron chi connectivity index (χ2n) is 3.76. The highest BCUT2D eigenvalue weighted by Crippen LogP contribution is 2.25. The summed E-state index contributed by atoms with van der Waals surface area (Å²) >= 11 is 1.52. The van der Waals surface area contributed by atoms with Crippen molar-refractivity contribution in [1.82, 2.24) is 20.5 Å². The Labute approximate surface area is 101 Å². The highest BCUT2D eigenvalue weighted by molar-refractivity contribution is 7.15. The molecule has 0 aliphatic carbocycles. The Balaban J connectivity index is 1.77. The molecule has 0 saturated heterocycles. The first kappa shape index (κ1) is 10.4. The van der Waals surface area contributed by atoms with Gasteiger partial charge >= 0.3 is 0 Å². The molecule has 0 aromatic carbocycles. The number of thiazole rings is 1. The fourth-order valence-electron chi connectivity index (χ4n) is 1.72. The van der Waals surface area contributed by atoms with Crippen molar-refractivity contribution in [2.24, 2.45) is 0 Å². The number of fused-ring (bicyclic) bond motifs is 1. The number of nitrogens with one attached hydrogen (secondary N) is 3. The average Bonchev–Trinajstić information content (AvgIpc) is 2.97. The normalized spacial score (nSPS) is 14.4. The Hall–Kier alpha value is -1.73. The van der Waals surface area contributed by atoms with Crippen LogP contribution in [0.1, 0.15) is 20.9 Å². The van der Waals surface area contributed by atoms with Gasteiger partial charge in [0, 0.05) is 30.6 Å². The van der Waals surface area contributed by atoms with E-state index in [2.05, 4.69) is 25.8 Å². The van der Waals surface area contributed by atoms with E-state index in [1.54, 1.807) is 6.20 Å². The number of hydrogen-bond acceptors (Lipinski definition) is 5. The molecule has 3 N–H and O–H groups in total. The third kappa shape index (κ3) is 2.06. The minimum atomic E-state index is -0.183. The van der Waals surface area contributed by atoms with Crippen LogP contribution in [0.25, 0.3) is 0 Å². The first-order valence-corrected chi connectivity index (χ1v) is 6.14. The van der Waals surface area contributed by atoms with Crippen LogP contribution in [-0.2, 0) is 13.0 Å². The van der Waals surface area contributed by atoms with Crippen molar-refractivity contribution in [2.75, 3.05) is 11.9 Å². The van der Waals surface area contributed by atoms with Crippen molar-refractivity contribution in [3.8, 4) is 0 Å². The Bertz CT molecular complexity index is 509. The van der Waals surface area contributed by atoms with E-state index in [9.17, 15) is 4.79 Å². The number of amides is 1. The second kappa shape index (κ2) is 4.27. The third-order valence-electron chi connectivity index (χ3n) is 2.58. The summed E-state index contributed by atoms with van der Waals surface area (Å²) in [6.07, 6.45) is 3.97. The molecule has 0 spiro atoms. The van der Waals surface area contributed by atoms with E-state index in [1.165, 1.54) is 22.4 Å². The summed E-state index contributed by atoms with van der Waals surface area (Å²) in [7, 11) is 0. The molecule has 1 aliphatic heterocycles. The monoisotopic (exact) mass is 249 g/mol. The smallest absolute Gasteiger partial charge is 0.260 e. The molecular weight excluding hydrogens is 238 g/mol. The Morgan fingerprint density at radius 2 is 2.47 bits per heavy atom. The van der Waals surface area contributed by atoms with Crippen LogP contribution in [0.4, 0.5) is 5.13 Å². The maximum atomic E-state index is 11.8. The summed E-state index contributed by atoms with van der Waals surface area (Å²) in [6, 6.07) is 0. The topological polar surface area (TPSA) is 82.7 Å². The van der Waals surface area contributed by atoms with Crippen molar-refractivity contribution < 1.29 is 4.79 Å². The summed E-state index contributed by atoms with van der Waals surface area (Å²) in [4.78, 5) is 17.4. The van der Waals surface area contributed by atoms with E-state index in [1.807, 2.05) is 0 Å². The SMILES string of the molecule is O=C(Nc1nc2c(s1)CNCC2)c1cn[nH]c1. The zero-order valence-electron chi connectivity index (χ0n) is 8.99.